The molecule has 4 nitrogen and oxygen atoms in total. The van der Waals surface area contributed by atoms with Gasteiger partial charge < -0.3 is 10.2 Å². The molecule has 0 spiro atoms. The summed E-state index contributed by atoms with van der Waals surface area (Å²) < 4.78 is 0. The van der Waals surface area contributed by atoms with Crippen LogP contribution in [-0.2, 0) is 16.1 Å². The molecule has 0 unspecified atom stereocenters. The smallest absolute Gasteiger partial charge is 0.242 e. The van der Waals surface area contributed by atoms with Gasteiger partial charge in [0.1, 0.15) is 6.04 Å². The first-order valence-corrected chi connectivity index (χ1v) is 11.2. The lowest BCUT2D eigenvalue weighted by molar-refractivity contribution is -0.140. The maximum atomic E-state index is 13.0. The monoisotopic (exact) mass is 412 g/mol. The topological polar surface area (TPSA) is 49.4 Å². The van der Waals surface area contributed by atoms with E-state index in [1.807, 2.05) is 39.0 Å². The van der Waals surface area contributed by atoms with Crippen molar-refractivity contribution in [2.75, 3.05) is 12.3 Å². The number of nitrogens with zero attached hydrogens (tertiary/aromatic N) is 1. The van der Waals surface area contributed by atoms with E-state index in [2.05, 4.69) is 42.6 Å². The number of thioether (sulfide) groups is 1. The fourth-order valence-electron chi connectivity index (χ4n) is 3.02. The number of carbonyl (C=O) groups is 2. The van der Waals surface area contributed by atoms with Crippen LogP contribution in [-0.4, -0.2) is 35.1 Å². The number of amides is 2. The molecule has 5 heteroatoms. The Kier molecular flexibility index (Phi) is 9.26. The second-order valence-electron chi connectivity index (χ2n) is 7.39. The first-order chi connectivity index (χ1) is 13.9. The summed E-state index contributed by atoms with van der Waals surface area (Å²) in [6.07, 6.45) is 1.27. The second kappa shape index (κ2) is 11.7. The molecule has 0 aliphatic rings. The molecule has 1 N–H and O–H groups in total. The lowest BCUT2D eigenvalue weighted by Gasteiger charge is -2.29. The summed E-state index contributed by atoms with van der Waals surface area (Å²) in [5, 5.41) is 2.91. The SMILES string of the molecule is CCCNC(=O)[C@H](C)N(Cc1cccc(C)c1)C(=O)CCSc1ccc(C)cc1. The maximum absolute atomic E-state index is 13.0. The van der Waals surface area contributed by atoms with Crippen molar-refractivity contribution in [2.45, 2.75) is 58.0 Å². The lowest BCUT2D eigenvalue weighted by Crippen LogP contribution is -2.47. The number of rotatable bonds is 10. The number of hydrogen-bond acceptors (Lipinski definition) is 3. The Morgan fingerprint density at radius 1 is 1.07 bits per heavy atom. The van der Waals surface area contributed by atoms with Crippen molar-refractivity contribution in [3.63, 3.8) is 0 Å². The Balaban J connectivity index is 2.04. The van der Waals surface area contributed by atoms with Crippen LogP contribution < -0.4 is 5.32 Å². The minimum atomic E-state index is -0.501. The molecule has 0 aliphatic heterocycles. The third-order valence-corrected chi connectivity index (χ3v) is 5.77. The van der Waals surface area contributed by atoms with Crippen molar-refractivity contribution in [1.82, 2.24) is 10.2 Å². The fourth-order valence-corrected chi connectivity index (χ4v) is 3.86. The highest BCUT2D eigenvalue weighted by Crippen LogP contribution is 2.20. The van der Waals surface area contributed by atoms with Crippen molar-refractivity contribution < 1.29 is 9.59 Å². The average Bonchev–Trinajstić information content (AvgIpc) is 2.71. The van der Waals surface area contributed by atoms with E-state index in [-0.39, 0.29) is 11.8 Å². The molecule has 0 aliphatic carbocycles. The van der Waals surface area contributed by atoms with E-state index in [0.29, 0.717) is 25.3 Å². The van der Waals surface area contributed by atoms with Crippen LogP contribution in [0.25, 0.3) is 0 Å². The zero-order chi connectivity index (χ0) is 21.2. The van der Waals surface area contributed by atoms with E-state index in [0.717, 1.165) is 22.4 Å². The molecule has 0 aromatic heterocycles. The van der Waals surface area contributed by atoms with Gasteiger partial charge in [0.05, 0.1) is 0 Å². The van der Waals surface area contributed by atoms with Crippen LogP contribution in [0.5, 0.6) is 0 Å². The molecule has 0 bridgehead atoms. The van der Waals surface area contributed by atoms with Gasteiger partial charge in [-0.2, -0.15) is 0 Å². The highest BCUT2D eigenvalue weighted by molar-refractivity contribution is 7.99. The first kappa shape index (κ1) is 23.0. The lowest BCUT2D eigenvalue weighted by atomic mass is 10.1. The third-order valence-electron chi connectivity index (χ3n) is 4.76. The number of hydrogen-bond donors (Lipinski definition) is 1. The van der Waals surface area contributed by atoms with Crippen LogP contribution >= 0.6 is 11.8 Å². The molecule has 0 heterocycles. The van der Waals surface area contributed by atoms with Crippen LogP contribution in [0.3, 0.4) is 0 Å². The number of nitrogens with one attached hydrogen (secondary N) is 1. The highest BCUT2D eigenvalue weighted by atomic mass is 32.2. The van der Waals surface area contributed by atoms with Crippen LogP contribution in [0.4, 0.5) is 0 Å². The standard InChI is InChI=1S/C24H32N2O2S/c1-5-14-25-24(28)20(4)26(17-21-8-6-7-19(3)16-21)23(27)13-15-29-22-11-9-18(2)10-12-22/h6-12,16,20H,5,13-15,17H2,1-4H3,(H,25,28)/t20-/m0/s1. The Morgan fingerprint density at radius 3 is 2.45 bits per heavy atom. The van der Waals surface area contributed by atoms with Crippen molar-refractivity contribution in [3.05, 3.63) is 65.2 Å². The summed E-state index contributed by atoms with van der Waals surface area (Å²) in [5.41, 5.74) is 3.41. The highest BCUT2D eigenvalue weighted by Gasteiger charge is 2.25. The molecule has 2 amide bonds. The van der Waals surface area contributed by atoms with Gasteiger partial charge in [0.15, 0.2) is 0 Å². The molecule has 156 valence electrons. The molecule has 2 rings (SSSR count). The van der Waals surface area contributed by atoms with Crippen LogP contribution in [0.2, 0.25) is 0 Å². The molecule has 2 aromatic rings. The van der Waals surface area contributed by atoms with Gasteiger partial charge in [-0.1, -0.05) is 54.4 Å². The quantitative estimate of drug-likeness (QED) is 0.574. The normalized spacial score (nSPS) is 11.7. The van der Waals surface area contributed by atoms with Crippen molar-refractivity contribution in [3.8, 4) is 0 Å². The summed E-state index contributed by atoms with van der Waals surface area (Å²) >= 11 is 1.67. The van der Waals surface area contributed by atoms with Gasteiger partial charge in [0.25, 0.3) is 0 Å². The molecular formula is C24H32N2O2S. The van der Waals surface area contributed by atoms with E-state index >= 15 is 0 Å². The summed E-state index contributed by atoms with van der Waals surface area (Å²) in [4.78, 5) is 28.4. The Labute approximate surface area is 179 Å². The predicted octanol–water partition coefficient (Wildman–Crippen LogP) is 4.73. The minimum absolute atomic E-state index is 0.00488. The summed E-state index contributed by atoms with van der Waals surface area (Å²) in [5.74, 6) is 0.597. The van der Waals surface area contributed by atoms with Crippen molar-refractivity contribution >= 4 is 23.6 Å². The molecule has 1 atom stereocenters. The van der Waals surface area contributed by atoms with E-state index in [1.165, 1.54) is 5.56 Å². The molecule has 0 saturated carbocycles. The minimum Gasteiger partial charge on any atom is -0.354 e. The zero-order valence-electron chi connectivity index (χ0n) is 17.9. The van der Waals surface area contributed by atoms with Crippen LogP contribution in [0.15, 0.2) is 53.4 Å². The van der Waals surface area contributed by atoms with Gasteiger partial charge in [-0.25, -0.2) is 0 Å². The van der Waals surface area contributed by atoms with Gasteiger partial charge in [-0.15, -0.1) is 11.8 Å². The third kappa shape index (κ3) is 7.58. The van der Waals surface area contributed by atoms with Crippen molar-refractivity contribution in [2.24, 2.45) is 0 Å². The number of carbonyl (C=O) groups excluding carboxylic acids is 2. The average molecular weight is 413 g/mol. The number of aryl methyl sites for hydroxylation is 2. The van der Waals surface area contributed by atoms with E-state index in [1.54, 1.807) is 16.7 Å². The fraction of sp³-hybridized carbons (Fsp3) is 0.417. The molecular weight excluding hydrogens is 380 g/mol. The molecule has 0 saturated heterocycles. The molecule has 0 radical (unpaired) electrons. The van der Waals surface area contributed by atoms with Gasteiger partial charge in [-0.05, 0) is 44.9 Å². The second-order valence-corrected chi connectivity index (χ2v) is 8.56. The number of benzene rings is 2. The van der Waals surface area contributed by atoms with Crippen LogP contribution in [0.1, 0.15) is 43.4 Å². The van der Waals surface area contributed by atoms with Gasteiger partial charge in [0.2, 0.25) is 11.8 Å². The van der Waals surface area contributed by atoms with Crippen LogP contribution in [0, 0.1) is 13.8 Å². The van der Waals surface area contributed by atoms with Crippen molar-refractivity contribution in [1.29, 1.82) is 0 Å². The Morgan fingerprint density at radius 2 is 1.79 bits per heavy atom. The molecule has 2 aromatic carbocycles. The maximum Gasteiger partial charge on any atom is 0.242 e. The molecule has 29 heavy (non-hydrogen) atoms. The van der Waals surface area contributed by atoms with E-state index < -0.39 is 6.04 Å². The van der Waals surface area contributed by atoms with Gasteiger partial charge >= 0.3 is 0 Å². The Hall–Kier alpha value is -2.27. The zero-order valence-corrected chi connectivity index (χ0v) is 18.7. The largest absolute Gasteiger partial charge is 0.354 e. The summed E-state index contributed by atoms with van der Waals surface area (Å²) in [6, 6.07) is 15.9. The van der Waals surface area contributed by atoms with E-state index in [4.69, 9.17) is 0 Å². The summed E-state index contributed by atoms with van der Waals surface area (Å²) in [6.45, 7) is 8.99. The van der Waals surface area contributed by atoms with Gasteiger partial charge in [0, 0.05) is 30.2 Å². The van der Waals surface area contributed by atoms with E-state index in [9.17, 15) is 9.59 Å². The summed E-state index contributed by atoms with van der Waals surface area (Å²) in [7, 11) is 0. The predicted molar refractivity (Wildman–Crippen MR) is 121 cm³/mol. The first-order valence-electron chi connectivity index (χ1n) is 10.2. The van der Waals surface area contributed by atoms with Gasteiger partial charge in [-0.3, -0.25) is 9.59 Å². The molecule has 0 fully saturated rings. The Bertz CT molecular complexity index is 805.